The predicted octanol–water partition coefficient (Wildman–Crippen LogP) is 4.30. The number of Topliss-reactive ketones (excluding diaryl/α,β-unsaturated/α-hetero) is 1. The third kappa shape index (κ3) is 2.90. The van der Waals surface area contributed by atoms with Crippen molar-refractivity contribution in [3.05, 3.63) is 94.3 Å². The maximum atomic E-state index is 13.9. The van der Waals surface area contributed by atoms with Crippen molar-refractivity contribution in [3.63, 3.8) is 0 Å². The molecular weight excluding hydrogens is 475 g/mol. The molecule has 0 amide bonds. The van der Waals surface area contributed by atoms with Gasteiger partial charge in [0.05, 0.1) is 16.5 Å². The molecule has 10 heteroatoms. The number of hydrogen-bond donors (Lipinski definition) is 2. The first-order valence-electron chi connectivity index (χ1n) is 10.1. The summed E-state index contributed by atoms with van der Waals surface area (Å²) >= 11 is 6.04. The highest BCUT2D eigenvalue weighted by Crippen LogP contribution is 2.64. The fraction of sp³-hybridized carbons (Fsp3) is 0.208. The Labute approximate surface area is 195 Å². The number of halogens is 4. The van der Waals surface area contributed by atoms with E-state index >= 15 is 0 Å². The number of hydrogen-bond acceptors (Lipinski definition) is 5. The van der Waals surface area contributed by atoms with Crippen molar-refractivity contribution in [1.29, 1.82) is 0 Å². The summed E-state index contributed by atoms with van der Waals surface area (Å²) in [4.78, 5) is 30.5. The number of carboxylic acid groups (broad SMARTS) is 1. The lowest BCUT2D eigenvalue weighted by atomic mass is 9.75. The molecule has 2 bridgehead atoms. The van der Waals surface area contributed by atoms with Gasteiger partial charge in [0.1, 0.15) is 17.4 Å². The Kier molecular flexibility index (Phi) is 4.79. The standard InChI is InChI=1S/C24H15ClF3NO5/c25-15-10-16-19(29-11-15)22(33)18(20(30)31)17(12-4-2-1-3-5-12)23(34-16,21(22)32)13-6-8-14(9-7-13)24(26,27)28/h1-11,17-18,33H,(H,30,31)/t17-,18-,22-,23+/m1/s1. The largest absolute Gasteiger partial charge is 0.481 e. The number of rotatable bonds is 3. The van der Waals surface area contributed by atoms with Gasteiger partial charge in [-0.3, -0.25) is 14.6 Å². The first-order valence-corrected chi connectivity index (χ1v) is 10.5. The van der Waals surface area contributed by atoms with Gasteiger partial charge in [0.15, 0.2) is 5.60 Å². The molecule has 1 aliphatic carbocycles. The molecule has 3 aromatic rings. The summed E-state index contributed by atoms with van der Waals surface area (Å²) in [6, 6.07) is 13.0. The normalized spacial score (nSPS) is 27.7. The Balaban J connectivity index is 1.84. The van der Waals surface area contributed by atoms with E-state index in [1.165, 1.54) is 6.07 Å². The molecule has 0 saturated heterocycles. The number of aliphatic carboxylic acids is 1. The van der Waals surface area contributed by atoms with Gasteiger partial charge in [-0.25, -0.2) is 0 Å². The lowest BCUT2D eigenvalue weighted by Crippen LogP contribution is -2.51. The molecule has 6 nitrogen and oxygen atoms in total. The van der Waals surface area contributed by atoms with Crippen LogP contribution >= 0.6 is 11.6 Å². The van der Waals surface area contributed by atoms with Crippen LogP contribution in [0.5, 0.6) is 5.75 Å². The zero-order valence-electron chi connectivity index (χ0n) is 17.1. The number of benzene rings is 2. The number of aromatic nitrogens is 1. The smallest absolute Gasteiger partial charge is 0.416 e. The minimum absolute atomic E-state index is 0.0350. The SMILES string of the molecule is O=C(O)[C@H]1[C@@H](c2ccccc2)[C@]2(c3ccc(C(F)(F)F)cc3)Oc3cc(Cl)cnc3[C@@]1(O)C2=O. The monoisotopic (exact) mass is 489 g/mol. The number of ether oxygens (including phenoxy) is 1. The van der Waals surface area contributed by atoms with Gasteiger partial charge < -0.3 is 14.9 Å². The average Bonchev–Trinajstić information content (AvgIpc) is 2.92. The van der Waals surface area contributed by atoms with E-state index < -0.39 is 46.5 Å². The van der Waals surface area contributed by atoms with Gasteiger partial charge in [-0.15, -0.1) is 0 Å². The molecule has 0 unspecified atom stereocenters. The van der Waals surface area contributed by atoms with Gasteiger partial charge >= 0.3 is 12.1 Å². The summed E-state index contributed by atoms with van der Waals surface area (Å²) in [6.45, 7) is 0. The van der Waals surface area contributed by atoms with Gasteiger partial charge in [-0.1, -0.05) is 54.1 Å². The lowest BCUT2D eigenvalue weighted by Gasteiger charge is -2.39. The van der Waals surface area contributed by atoms with Gasteiger partial charge in [0, 0.05) is 17.8 Å². The van der Waals surface area contributed by atoms with E-state index in [1.807, 2.05) is 0 Å². The lowest BCUT2D eigenvalue weighted by molar-refractivity contribution is -0.161. The molecule has 1 fully saturated rings. The molecule has 0 spiro atoms. The number of nitrogens with zero attached hydrogens (tertiary/aromatic N) is 1. The van der Waals surface area contributed by atoms with E-state index in [1.54, 1.807) is 30.3 Å². The Morgan fingerprint density at radius 1 is 1.09 bits per heavy atom. The van der Waals surface area contributed by atoms with Crippen LogP contribution in [0.3, 0.4) is 0 Å². The Hall–Kier alpha value is -3.43. The molecule has 1 aromatic heterocycles. The Morgan fingerprint density at radius 3 is 2.32 bits per heavy atom. The van der Waals surface area contributed by atoms with Crippen molar-refractivity contribution >= 4 is 23.4 Å². The number of fused-ring (bicyclic) bond motifs is 4. The fourth-order valence-corrected chi connectivity index (χ4v) is 5.20. The number of carbonyl (C=O) groups excluding carboxylic acids is 1. The fourth-order valence-electron chi connectivity index (χ4n) is 5.05. The first-order chi connectivity index (χ1) is 16.0. The molecule has 0 radical (unpaired) electrons. The van der Waals surface area contributed by atoms with Crippen molar-refractivity contribution in [2.45, 2.75) is 23.3 Å². The third-order valence-electron chi connectivity index (χ3n) is 6.42. The topological polar surface area (TPSA) is 96.7 Å². The minimum atomic E-state index is -4.63. The minimum Gasteiger partial charge on any atom is -0.481 e. The molecule has 174 valence electrons. The van der Waals surface area contributed by atoms with Crippen LogP contribution in [0, 0.1) is 5.92 Å². The summed E-state index contributed by atoms with van der Waals surface area (Å²) in [7, 11) is 0. The molecule has 2 heterocycles. The van der Waals surface area contributed by atoms with E-state index in [4.69, 9.17) is 16.3 Å². The quantitative estimate of drug-likeness (QED) is 0.569. The summed E-state index contributed by atoms with van der Waals surface area (Å²) in [5.41, 5.74) is -5.73. The van der Waals surface area contributed by atoms with E-state index in [-0.39, 0.29) is 22.0 Å². The number of pyridine rings is 1. The van der Waals surface area contributed by atoms with Crippen LogP contribution in [-0.2, 0) is 27.0 Å². The van der Waals surface area contributed by atoms with E-state index in [0.29, 0.717) is 5.56 Å². The van der Waals surface area contributed by atoms with Gasteiger partial charge in [-0.05, 0) is 17.7 Å². The molecule has 34 heavy (non-hydrogen) atoms. The molecule has 2 aliphatic rings. The molecule has 2 N–H and O–H groups in total. The zero-order valence-corrected chi connectivity index (χ0v) is 17.8. The van der Waals surface area contributed by atoms with Gasteiger partial charge in [0.2, 0.25) is 11.4 Å². The van der Waals surface area contributed by atoms with Crippen LogP contribution in [0.2, 0.25) is 5.02 Å². The zero-order chi connectivity index (χ0) is 24.5. The van der Waals surface area contributed by atoms with Crippen LogP contribution in [0.15, 0.2) is 66.9 Å². The second kappa shape index (κ2) is 7.28. The molecule has 4 atom stereocenters. The highest BCUT2D eigenvalue weighted by Gasteiger charge is 2.76. The second-order valence-corrected chi connectivity index (χ2v) is 8.65. The number of carboxylic acids is 1. The maximum Gasteiger partial charge on any atom is 0.416 e. The average molecular weight is 490 g/mol. The van der Waals surface area contributed by atoms with Crippen molar-refractivity contribution in [1.82, 2.24) is 4.98 Å². The Morgan fingerprint density at radius 2 is 1.74 bits per heavy atom. The van der Waals surface area contributed by atoms with E-state index in [9.17, 15) is 33.0 Å². The summed E-state index contributed by atoms with van der Waals surface area (Å²) in [6.07, 6.45) is -3.48. The predicted molar refractivity (Wildman–Crippen MR) is 112 cm³/mol. The van der Waals surface area contributed by atoms with Crippen LogP contribution in [0.25, 0.3) is 0 Å². The first kappa shape index (κ1) is 22.4. The van der Waals surface area contributed by atoms with Crippen LogP contribution in [0.4, 0.5) is 13.2 Å². The number of carbonyl (C=O) groups is 2. The highest BCUT2D eigenvalue weighted by atomic mass is 35.5. The summed E-state index contributed by atoms with van der Waals surface area (Å²) < 4.78 is 45.7. The number of ketones is 1. The van der Waals surface area contributed by atoms with Crippen molar-refractivity contribution in [2.24, 2.45) is 5.92 Å². The number of aliphatic hydroxyl groups is 1. The molecular formula is C24H15ClF3NO5. The summed E-state index contributed by atoms with van der Waals surface area (Å²) in [5.74, 6) is -5.69. The van der Waals surface area contributed by atoms with Gasteiger partial charge in [0.25, 0.3) is 0 Å². The number of alkyl halides is 3. The maximum absolute atomic E-state index is 13.9. The van der Waals surface area contributed by atoms with Gasteiger partial charge in [-0.2, -0.15) is 13.2 Å². The van der Waals surface area contributed by atoms with Crippen molar-refractivity contribution < 1.29 is 37.7 Å². The third-order valence-corrected chi connectivity index (χ3v) is 6.63. The van der Waals surface area contributed by atoms with E-state index in [2.05, 4.69) is 4.98 Å². The molecule has 2 aromatic carbocycles. The van der Waals surface area contributed by atoms with Crippen LogP contribution in [0.1, 0.15) is 28.3 Å². The van der Waals surface area contributed by atoms with Crippen LogP contribution < -0.4 is 4.74 Å². The second-order valence-electron chi connectivity index (χ2n) is 8.21. The highest BCUT2D eigenvalue weighted by molar-refractivity contribution is 6.30. The van der Waals surface area contributed by atoms with E-state index in [0.717, 1.165) is 30.5 Å². The molecule has 1 aliphatic heterocycles. The molecule has 5 rings (SSSR count). The molecule has 1 saturated carbocycles. The van der Waals surface area contributed by atoms with Crippen LogP contribution in [-0.4, -0.2) is 26.9 Å². The van der Waals surface area contributed by atoms with Crippen molar-refractivity contribution in [3.8, 4) is 5.75 Å². The summed E-state index contributed by atoms with van der Waals surface area (Å²) in [5, 5.41) is 22.0. The Bertz CT molecular complexity index is 1310. The van der Waals surface area contributed by atoms with Crippen molar-refractivity contribution in [2.75, 3.05) is 0 Å².